The summed E-state index contributed by atoms with van der Waals surface area (Å²) in [5.41, 5.74) is 33.4. The first-order chi connectivity index (χ1) is 35.4. The minimum absolute atomic E-state index is 0.716. The minimum Gasteiger partial charge on any atom is -0.311 e. The molecule has 0 amide bonds. The molecule has 0 N–H and O–H groups in total. The maximum absolute atomic E-state index is 5.38. The van der Waals surface area contributed by atoms with Crippen LogP contribution in [0.15, 0.2) is 103 Å². The molecule has 0 fully saturated rings. The van der Waals surface area contributed by atoms with Crippen molar-refractivity contribution in [2.75, 3.05) is 0 Å². The van der Waals surface area contributed by atoms with E-state index in [1.54, 1.807) is 0 Å². The normalized spacial score (nSPS) is 11.8. The number of nitrogens with zero attached hydrogens (tertiary/aromatic N) is 3. The Morgan fingerprint density at radius 1 is 0.324 bits per heavy atom. The van der Waals surface area contributed by atoms with Crippen LogP contribution in [0.2, 0.25) is 0 Å². The molecule has 0 aliphatic carbocycles. The van der Waals surface area contributed by atoms with Gasteiger partial charge in [0.25, 0.3) is 0 Å². The van der Waals surface area contributed by atoms with Crippen LogP contribution < -0.4 is 87.4 Å². The molecule has 74 heavy (non-hydrogen) atoms. The molecular formula is C54H49B16N3S. The van der Waals surface area contributed by atoms with Gasteiger partial charge in [-0.1, -0.05) is 152 Å². The molecule has 12 rings (SSSR count). The fraction of sp³-hybridized carbons (Fsp3) is 0. The molecule has 0 atom stereocenters. The van der Waals surface area contributed by atoms with Gasteiger partial charge in [-0.15, -0.1) is 38.7 Å². The Bertz CT molecular complexity index is 4440. The summed E-state index contributed by atoms with van der Waals surface area (Å²) >= 11 is 2.00. The van der Waals surface area contributed by atoms with Gasteiger partial charge in [0.15, 0.2) is 5.82 Å². The number of fused-ring (bicyclic) bond motifs is 8. The van der Waals surface area contributed by atoms with Crippen LogP contribution in [0.4, 0.5) is 0 Å². The molecule has 3 aromatic heterocycles. The molecule has 9 aromatic carbocycles. The van der Waals surface area contributed by atoms with E-state index in [1.165, 1.54) is 168 Å². The molecule has 3 heterocycles. The van der Waals surface area contributed by atoms with Gasteiger partial charge in [-0.2, -0.15) is 0 Å². The van der Waals surface area contributed by atoms with Crippen molar-refractivity contribution in [1.82, 2.24) is 14.5 Å². The summed E-state index contributed by atoms with van der Waals surface area (Å²) in [5.74, 6) is 0.716. The number of rotatable bonds is 5. The molecule has 0 spiro atoms. The SMILES string of the molecule is Bc1c(B)c(B)c2c(sc3c(B)c(-n4c5c(B)c(B)c(B)c(B)c5c5c(B)c6c(B)c(B)c(B)c(B)c6c(B)c54)c(B)c(-c4ccc(-c5cc(-c6ccccc6)nc(-c6ccccc6)n5)c5ccccc45)c32)c1B. The van der Waals surface area contributed by atoms with Gasteiger partial charge in [-0.3, -0.25) is 0 Å². The minimum atomic E-state index is 0.716. The predicted molar refractivity (Wildman–Crippen MR) is 377 cm³/mol. The lowest BCUT2D eigenvalue weighted by atomic mass is 9.61. The van der Waals surface area contributed by atoms with Crippen LogP contribution in [0.1, 0.15) is 0 Å². The van der Waals surface area contributed by atoms with Gasteiger partial charge in [0, 0.05) is 53.6 Å². The van der Waals surface area contributed by atoms with E-state index in [2.05, 4.69) is 227 Å². The highest BCUT2D eigenvalue weighted by Crippen LogP contribution is 2.43. The van der Waals surface area contributed by atoms with Crippen molar-refractivity contribution in [2.45, 2.75) is 0 Å². The van der Waals surface area contributed by atoms with Gasteiger partial charge < -0.3 is 4.57 Å². The van der Waals surface area contributed by atoms with E-state index in [4.69, 9.17) is 9.97 Å². The van der Waals surface area contributed by atoms with E-state index in [0.29, 0.717) is 5.82 Å². The monoisotopic (exact) mass is 948 g/mol. The summed E-state index contributed by atoms with van der Waals surface area (Å²) in [5, 5.41) is 10.7. The number of hydrogen-bond acceptors (Lipinski definition) is 3. The Labute approximate surface area is 453 Å². The quantitative estimate of drug-likeness (QED) is 0.161. The molecule has 0 radical (unpaired) electrons. The molecule has 0 saturated heterocycles. The van der Waals surface area contributed by atoms with Crippen molar-refractivity contribution in [2.24, 2.45) is 0 Å². The zero-order valence-electron chi connectivity index (χ0n) is 46.1. The molecule has 0 aliphatic rings. The maximum atomic E-state index is 5.38. The van der Waals surface area contributed by atoms with Crippen molar-refractivity contribution in [3.8, 4) is 50.7 Å². The highest BCUT2D eigenvalue weighted by molar-refractivity contribution is 7.28. The zero-order chi connectivity index (χ0) is 52.1. The van der Waals surface area contributed by atoms with Crippen LogP contribution in [-0.4, -0.2) is 140 Å². The Hall–Kier alpha value is -6.36. The van der Waals surface area contributed by atoms with Gasteiger partial charge in [0.2, 0.25) is 0 Å². The van der Waals surface area contributed by atoms with Gasteiger partial charge in [0.1, 0.15) is 126 Å². The second kappa shape index (κ2) is 17.6. The van der Waals surface area contributed by atoms with Crippen LogP contribution in [0, 0.1) is 0 Å². The first-order valence-electron chi connectivity index (χ1n) is 26.4. The molecule has 0 aliphatic heterocycles. The van der Waals surface area contributed by atoms with Crippen molar-refractivity contribution in [3.05, 3.63) is 103 Å². The average molecular weight is 945 g/mol. The largest absolute Gasteiger partial charge is 0.311 e. The fourth-order valence-corrected chi connectivity index (χ4v) is 14.7. The Morgan fingerprint density at radius 3 is 1.39 bits per heavy atom. The van der Waals surface area contributed by atoms with Crippen molar-refractivity contribution < 1.29 is 0 Å². The van der Waals surface area contributed by atoms with Crippen LogP contribution in [-0.2, 0) is 0 Å². The average Bonchev–Trinajstić information content (AvgIpc) is 4.09. The molecule has 0 bridgehead atoms. The predicted octanol–water partition coefficient (Wildman–Crippen LogP) is -12.9. The van der Waals surface area contributed by atoms with E-state index in [-0.39, 0.29) is 0 Å². The second-order valence-corrected chi connectivity index (χ2v) is 22.7. The summed E-state index contributed by atoms with van der Waals surface area (Å²) < 4.78 is 5.51. The van der Waals surface area contributed by atoms with Gasteiger partial charge in [-0.25, -0.2) is 9.97 Å². The third kappa shape index (κ3) is 6.75. The third-order valence-electron chi connectivity index (χ3n) is 18.3. The van der Waals surface area contributed by atoms with Crippen LogP contribution in [0.3, 0.4) is 0 Å². The lowest BCUT2D eigenvalue weighted by Crippen LogP contribution is -2.50. The first-order valence-corrected chi connectivity index (χ1v) is 27.2. The van der Waals surface area contributed by atoms with E-state index in [9.17, 15) is 0 Å². The third-order valence-corrected chi connectivity index (χ3v) is 19.7. The molecule has 0 unspecified atom stereocenters. The van der Waals surface area contributed by atoms with E-state index >= 15 is 0 Å². The Balaban J connectivity index is 1.27. The van der Waals surface area contributed by atoms with Crippen LogP contribution >= 0.6 is 11.3 Å². The van der Waals surface area contributed by atoms with E-state index in [1.807, 2.05) is 17.4 Å². The van der Waals surface area contributed by atoms with Gasteiger partial charge in [0.05, 0.1) is 11.4 Å². The Morgan fingerprint density at radius 2 is 0.770 bits per heavy atom. The van der Waals surface area contributed by atoms with E-state index in [0.717, 1.165) is 28.1 Å². The molecule has 20 heteroatoms. The maximum Gasteiger partial charge on any atom is 0.160 e. The molecular weight excluding hydrogens is 896 g/mol. The number of benzene rings is 9. The lowest BCUT2D eigenvalue weighted by Gasteiger charge is -2.25. The van der Waals surface area contributed by atoms with Crippen LogP contribution in [0.5, 0.6) is 0 Å². The van der Waals surface area contributed by atoms with Crippen LogP contribution in [0.25, 0.3) is 114 Å². The topological polar surface area (TPSA) is 30.7 Å². The molecule has 0 saturated carbocycles. The standard InChI is InChI=1S/C54H49B16N3S/c55-33-28-29(35(57)41(63)40(62)34(28)56)39(61)49-30(33)31-36(58)42(64)44(66)46(68)50(31)73(49)51-38(60)26(27-32-37(59)43(65)45(67)47(69)53(32)74-52(27)48(51)70)23-16-15-22(20-13-7-8-14-21(20)23)25-17-24(18-9-3-1-4-10-18)71-54(72-25)19-11-5-2-6-12-19/h1-17H,55-70H2. The van der Waals surface area contributed by atoms with Gasteiger partial charge >= 0.3 is 0 Å². The lowest BCUT2D eigenvalue weighted by molar-refractivity contribution is 1.18. The van der Waals surface area contributed by atoms with Gasteiger partial charge in [-0.05, 0) is 55.0 Å². The summed E-state index contributed by atoms with van der Waals surface area (Å²) in [6, 6.07) is 36.9. The summed E-state index contributed by atoms with van der Waals surface area (Å²) in [7, 11) is 37.8. The number of hydrogen-bond donors (Lipinski definition) is 0. The molecule has 334 valence electrons. The summed E-state index contributed by atoms with van der Waals surface area (Å²) in [4.78, 5) is 10.6. The molecule has 3 nitrogen and oxygen atoms in total. The summed E-state index contributed by atoms with van der Waals surface area (Å²) in [6.07, 6.45) is 0. The number of aromatic nitrogens is 3. The number of thiophene rings is 1. The van der Waals surface area contributed by atoms with Crippen molar-refractivity contribution >= 4 is 288 Å². The van der Waals surface area contributed by atoms with Crippen molar-refractivity contribution in [3.63, 3.8) is 0 Å². The summed E-state index contributed by atoms with van der Waals surface area (Å²) in [6.45, 7) is 0. The highest BCUT2D eigenvalue weighted by Gasteiger charge is 2.30. The fourth-order valence-electron chi connectivity index (χ4n) is 13.3. The Kier molecular flexibility index (Phi) is 11.6. The zero-order valence-corrected chi connectivity index (χ0v) is 46.9. The highest BCUT2D eigenvalue weighted by atomic mass is 32.1. The second-order valence-electron chi connectivity index (χ2n) is 21.7. The molecule has 12 aromatic rings. The first kappa shape index (κ1) is 48.6. The smallest absolute Gasteiger partial charge is 0.160 e. The van der Waals surface area contributed by atoms with Crippen molar-refractivity contribution in [1.29, 1.82) is 0 Å². The van der Waals surface area contributed by atoms with E-state index < -0.39 is 0 Å².